The van der Waals surface area contributed by atoms with E-state index in [1.54, 1.807) is 16.8 Å². The largest absolute Gasteiger partial charge is 0.480 e. The van der Waals surface area contributed by atoms with E-state index in [0.29, 0.717) is 23.7 Å². The van der Waals surface area contributed by atoms with Crippen molar-refractivity contribution < 1.29 is 14.7 Å². The molecule has 1 aromatic rings. The van der Waals surface area contributed by atoms with Crippen LogP contribution in [0.2, 0.25) is 5.02 Å². The van der Waals surface area contributed by atoms with Crippen LogP contribution in [0.4, 0.5) is 0 Å². The van der Waals surface area contributed by atoms with Gasteiger partial charge in [0.05, 0.1) is 5.02 Å². The van der Waals surface area contributed by atoms with Gasteiger partial charge in [0, 0.05) is 18.8 Å². The minimum Gasteiger partial charge on any atom is -0.480 e. The summed E-state index contributed by atoms with van der Waals surface area (Å²) < 4.78 is 1.78. The molecule has 1 unspecified atom stereocenters. The van der Waals surface area contributed by atoms with Crippen LogP contribution in [-0.4, -0.2) is 39.0 Å². The van der Waals surface area contributed by atoms with E-state index in [2.05, 4.69) is 0 Å². The Morgan fingerprint density at radius 3 is 2.60 bits per heavy atom. The lowest BCUT2D eigenvalue weighted by molar-refractivity contribution is -0.138. The second-order valence-electron chi connectivity index (χ2n) is 4.82. The summed E-state index contributed by atoms with van der Waals surface area (Å²) in [4.78, 5) is 24.9. The zero-order valence-corrected chi connectivity index (χ0v) is 12.9. The standard InChI is InChI=1S/C14H21ClN2O3/c1-4-6-16-8-11(15)7-12(16)14(20)17(9-13(18)19)10(3)5-2/h7-8,10H,4-6,9H2,1-3H3,(H,18,19). The lowest BCUT2D eigenvalue weighted by atomic mass is 10.2. The highest BCUT2D eigenvalue weighted by Gasteiger charge is 2.25. The topological polar surface area (TPSA) is 62.5 Å². The molecule has 0 saturated carbocycles. The van der Waals surface area contributed by atoms with E-state index < -0.39 is 5.97 Å². The Morgan fingerprint density at radius 1 is 1.45 bits per heavy atom. The van der Waals surface area contributed by atoms with Crippen LogP contribution in [0.15, 0.2) is 12.3 Å². The first-order chi connectivity index (χ1) is 9.40. The van der Waals surface area contributed by atoms with Gasteiger partial charge in [-0.05, 0) is 25.8 Å². The summed E-state index contributed by atoms with van der Waals surface area (Å²) in [6.45, 7) is 6.14. The Hall–Kier alpha value is -1.49. The van der Waals surface area contributed by atoms with Crippen molar-refractivity contribution in [1.82, 2.24) is 9.47 Å². The fraction of sp³-hybridized carbons (Fsp3) is 0.571. The van der Waals surface area contributed by atoms with Crippen molar-refractivity contribution in [3.8, 4) is 0 Å². The number of aliphatic carboxylic acids is 1. The SMILES string of the molecule is CCCn1cc(Cl)cc1C(=O)N(CC(=O)O)C(C)CC. The molecule has 1 aromatic heterocycles. The summed E-state index contributed by atoms with van der Waals surface area (Å²) in [6, 6.07) is 1.46. The quantitative estimate of drug-likeness (QED) is 0.842. The molecule has 0 aliphatic heterocycles. The third-order valence-electron chi connectivity index (χ3n) is 3.24. The molecular weight excluding hydrogens is 280 g/mol. The Bertz CT molecular complexity index is 485. The third-order valence-corrected chi connectivity index (χ3v) is 3.44. The number of hydrogen-bond donors (Lipinski definition) is 1. The molecular formula is C14H21ClN2O3. The molecule has 0 aliphatic carbocycles. The fourth-order valence-corrected chi connectivity index (χ4v) is 2.24. The monoisotopic (exact) mass is 300 g/mol. The molecule has 1 atom stereocenters. The maximum atomic E-state index is 12.6. The van der Waals surface area contributed by atoms with Crippen LogP contribution in [0, 0.1) is 0 Å². The molecule has 20 heavy (non-hydrogen) atoms. The van der Waals surface area contributed by atoms with Gasteiger partial charge in [0.25, 0.3) is 5.91 Å². The number of halogens is 1. The fourth-order valence-electron chi connectivity index (χ4n) is 2.02. The molecule has 0 aromatic carbocycles. The van der Waals surface area contributed by atoms with Crippen LogP contribution >= 0.6 is 11.6 Å². The van der Waals surface area contributed by atoms with Crippen LogP contribution in [0.3, 0.4) is 0 Å². The summed E-state index contributed by atoms with van der Waals surface area (Å²) in [5.74, 6) is -1.31. The molecule has 5 nitrogen and oxygen atoms in total. The summed E-state index contributed by atoms with van der Waals surface area (Å²) in [6.07, 6.45) is 3.27. The average molecular weight is 301 g/mol. The second-order valence-corrected chi connectivity index (χ2v) is 5.26. The lowest BCUT2D eigenvalue weighted by Crippen LogP contribution is -2.42. The van der Waals surface area contributed by atoms with Crippen molar-refractivity contribution in [3.05, 3.63) is 23.0 Å². The highest BCUT2D eigenvalue weighted by Crippen LogP contribution is 2.18. The maximum Gasteiger partial charge on any atom is 0.323 e. The predicted molar refractivity (Wildman–Crippen MR) is 78.2 cm³/mol. The zero-order chi connectivity index (χ0) is 15.3. The van der Waals surface area contributed by atoms with E-state index in [0.717, 1.165) is 6.42 Å². The van der Waals surface area contributed by atoms with Gasteiger partial charge in [-0.15, -0.1) is 0 Å². The van der Waals surface area contributed by atoms with Crippen LogP contribution in [-0.2, 0) is 11.3 Å². The molecule has 1 N–H and O–H groups in total. The molecule has 6 heteroatoms. The number of amides is 1. The number of aromatic nitrogens is 1. The van der Waals surface area contributed by atoms with Crippen molar-refractivity contribution in [2.24, 2.45) is 0 Å². The zero-order valence-electron chi connectivity index (χ0n) is 12.1. The molecule has 1 rings (SSSR count). The van der Waals surface area contributed by atoms with Gasteiger partial charge in [-0.1, -0.05) is 25.4 Å². The van der Waals surface area contributed by atoms with Gasteiger partial charge in [0.2, 0.25) is 0 Å². The summed E-state index contributed by atoms with van der Waals surface area (Å²) in [5.41, 5.74) is 0.443. The first-order valence-electron chi connectivity index (χ1n) is 6.79. The number of carboxylic acids is 1. The van der Waals surface area contributed by atoms with E-state index in [1.807, 2.05) is 20.8 Å². The van der Waals surface area contributed by atoms with Crippen molar-refractivity contribution >= 4 is 23.5 Å². The normalized spacial score (nSPS) is 12.2. The molecule has 0 spiro atoms. The molecule has 0 saturated heterocycles. The number of carbonyl (C=O) groups excluding carboxylic acids is 1. The van der Waals surface area contributed by atoms with E-state index in [1.165, 1.54) is 4.90 Å². The smallest absolute Gasteiger partial charge is 0.323 e. The van der Waals surface area contributed by atoms with Gasteiger partial charge >= 0.3 is 5.97 Å². The molecule has 0 fully saturated rings. The minimum atomic E-state index is -1.02. The highest BCUT2D eigenvalue weighted by molar-refractivity contribution is 6.31. The molecule has 112 valence electrons. The van der Waals surface area contributed by atoms with Gasteiger partial charge in [-0.3, -0.25) is 9.59 Å². The van der Waals surface area contributed by atoms with Gasteiger partial charge in [0.1, 0.15) is 12.2 Å². The van der Waals surface area contributed by atoms with E-state index in [-0.39, 0.29) is 18.5 Å². The van der Waals surface area contributed by atoms with Crippen LogP contribution in [0.25, 0.3) is 0 Å². The Balaban J connectivity index is 3.07. The molecule has 0 aliphatic rings. The minimum absolute atomic E-state index is 0.137. The van der Waals surface area contributed by atoms with Gasteiger partial charge in [0.15, 0.2) is 0 Å². The predicted octanol–water partition coefficient (Wildman–Crippen LogP) is 2.88. The molecule has 0 bridgehead atoms. The van der Waals surface area contributed by atoms with E-state index in [9.17, 15) is 9.59 Å². The number of aryl methyl sites for hydroxylation is 1. The number of nitrogens with zero attached hydrogens (tertiary/aromatic N) is 2. The first kappa shape index (κ1) is 16.6. The van der Waals surface area contributed by atoms with Crippen LogP contribution in [0.1, 0.15) is 44.1 Å². The highest BCUT2D eigenvalue weighted by atomic mass is 35.5. The van der Waals surface area contributed by atoms with Gasteiger partial charge in [-0.25, -0.2) is 0 Å². The van der Waals surface area contributed by atoms with Crippen molar-refractivity contribution in [3.63, 3.8) is 0 Å². The van der Waals surface area contributed by atoms with Crippen molar-refractivity contribution in [1.29, 1.82) is 0 Å². The summed E-state index contributed by atoms with van der Waals surface area (Å²) >= 11 is 5.96. The lowest BCUT2D eigenvalue weighted by Gasteiger charge is -2.27. The number of hydrogen-bond acceptors (Lipinski definition) is 2. The first-order valence-corrected chi connectivity index (χ1v) is 7.16. The molecule has 0 radical (unpaired) electrons. The van der Waals surface area contributed by atoms with Crippen molar-refractivity contribution in [2.45, 2.75) is 46.2 Å². The van der Waals surface area contributed by atoms with E-state index in [4.69, 9.17) is 16.7 Å². The Morgan fingerprint density at radius 2 is 2.10 bits per heavy atom. The number of carbonyl (C=O) groups is 2. The number of carboxylic acid groups (broad SMARTS) is 1. The second kappa shape index (κ2) is 7.33. The van der Waals surface area contributed by atoms with Gasteiger partial charge < -0.3 is 14.6 Å². The molecule has 1 heterocycles. The van der Waals surface area contributed by atoms with E-state index >= 15 is 0 Å². The third kappa shape index (κ3) is 4.00. The Labute approximate surface area is 124 Å². The number of rotatable bonds is 7. The summed E-state index contributed by atoms with van der Waals surface area (Å²) in [5, 5.41) is 9.46. The van der Waals surface area contributed by atoms with Crippen LogP contribution in [0.5, 0.6) is 0 Å². The summed E-state index contributed by atoms with van der Waals surface area (Å²) in [7, 11) is 0. The van der Waals surface area contributed by atoms with Gasteiger partial charge in [-0.2, -0.15) is 0 Å². The Kier molecular flexibility index (Phi) is 6.07. The maximum absolute atomic E-state index is 12.6. The van der Waals surface area contributed by atoms with Crippen molar-refractivity contribution in [2.75, 3.05) is 6.54 Å². The average Bonchev–Trinajstić information content (AvgIpc) is 2.75. The molecule has 1 amide bonds. The van der Waals surface area contributed by atoms with Crippen LogP contribution < -0.4 is 0 Å².